The molecule has 3 nitrogen and oxygen atoms in total. The van der Waals surface area contributed by atoms with E-state index in [1.165, 1.54) is 6.42 Å². The van der Waals surface area contributed by atoms with Crippen LogP contribution in [0.25, 0.3) is 0 Å². The second-order valence-corrected chi connectivity index (χ2v) is 5.66. The minimum absolute atomic E-state index is 0.447. The molecule has 1 aromatic carbocycles. The highest BCUT2D eigenvalue weighted by atomic mass is 16.5. The van der Waals surface area contributed by atoms with E-state index in [9.17, 15) is 0 Å². The predicted octanol–water partition coefficient (Wildman–Crippen LogP) is 4.29. The molecule has 1 aromatic rings. The van der Waals surface area contributed by atoms with Crippen LogP contribution in [0.5, 0.6) is 5.75 Å². The fourth-order valence-corrected chi connectivity index (χ4v) is 1.95. The van der Waals surface area contributed by atoms with Crippen LogP contribution in [-0.2, 0) is 0 Å². The standard InChI is InChI=1S/C16H28N2O/c1-5-8-19-16-10-14(17)9-15(11-16)18-13(4)7-6-12(2)3/h9-13,18H,5-8,17H2,1-4H3. The molecule has 0 aliphatic heterocycles. The van der Waals surface area contributed by atoms with Crippen molar-refractivity contribution >= 4 is 11.4 Å². The van der Waals surface area contributed by atoms with Crippen molar-refractivity contribution in [2.45, 2.75) is 53.0 Å². The molecule has 0 saturated heterocycles. The lowest BCUT2D eigenvalue weighted by atomic mass is 10.0. The van der Waals surface area contributed by atoms with E-state index in [4.69, 9.17) is 10.5 Å². The van der Waals surface area contributed by atoms with E-state index in [2.05, 4.69) is 33.0 Å². The van der Waals surface area contributed by atoms with Crippen LogP contribution in [0.2, 0.25) is 0 Å². The van der Waals surface area contributed by atoms with Crippen molar-refractivity contribution in [1.29, 1.82) is 0 Å². The molecule has 1 rings (SSSR count). The van der Waals surface area contributed by atoms with Gasteiger partial charge >= 0.3 is 0 Å². The molecule has 1 unspecified atom stereocenters. The Hall–Kier alpha value is -1.38. The number of hydrogen-bond acceptors (Lipinski definition) is 3. The van der Waals surface area contributed by atoms with Crippen LogP contribution in [0.4, 0.5) is 11.4 Å². The summed E-state index contributed by atoms with van der Waals surface area (Å²) in [6, 6.07) is 6.31. The second-order valence-electron chi connectivity index (χ2n) is 5.66. The molecular weight excluding hydrogens is 236 g/mol. The first-order chi connectivity index (χ1) is 9.01. The average molecular weight is 264 g/mol. The largest absolute Gasteiger partial charge is 0.493 e. The summed E-state index contributed by atoms with van der Waals surface area (Å²) >= 11 is 0. The molecule has 3 heteroatoms. The number of nitrogens with one attached hydrogen (secondary N) is 1. The zero-order valence-electron chi connectivity index (χ0n) is 12.7. The Balaban J connectivity index is 2.59. The first-order valence-electron chi connectivity index (χ1n) is 7.31. The zero-order chi connectivity index (χ0) is 14.3. The topological polar surface area (TPSA) is 47.3 Å². The number of nitrogen functional groups attached to an aromatic ring is 1. The van der Waals surface area contributed by atoms with Crippen LogP contribution < -0.4 is 15.8 Å². The Kier molecular flexibility index (Phi) is 6.54. The van der Waals surface area contributed by atoms with Crippen LogP contribution >= 0.6 is 0 Å². The molecule has 0 bridgehead atoms. The fraction of sp³-hybridized carbons (Fsp3) is 0.625. The van der Waals surface area contributed by atoms with Crippen molar-refractivity contribution in [3.8, 4) is 5.75 Å². The van der Waals surface area contributed by atoms with Gasteiger partial charge in [-0.3, -0.25) is 0 Å². The monoisotopic (exact) mass is 264 g/mol. The maximum atomic E-state index is 5.91. The summed E-state index contributed by atoms with van der Waals surface area (Å²) in [5.74, 6) is 1.59. The zero-order valence-corrected chi connectivity index (χ0v) is 12.7. The van der Waals surface area contributed by atoms with Crippen molar-refractivity contribution < 1.29 is 4.74 Å². The van der Waals surface area contributed by atoms with Gasteiger partial charge in [-0.05, 0) is 38.2 Å². The summed E-state index contributed by atoms with van der Waals surface area (Å²) in [6.07, 6.45) is 3.40. The number of nitrogens with two attached hydrogens (primary N) is 1. The van der Waals surface area contributed by atoms with Gasteiger partial charge < -0.3 is 15.8 Å². The average Bonchev–Trinajstić information content (AvgIpc) is 2.33. The van der Waals surface area contributed by atoms with Crippen molar-refractivity contribution in [3.63, 3.8) is 0 Å². The Morgan fingerprint density at radius 1 is 1.16 bits per heavy atom. The molecule has 0 heterocycles. The number of rotatable bonds is 8. The molecule has 3 N–H and O–H groups in total. The van der Waals surface area contributed by atoms with E-state index in [-0.39, 0.29) is 0 Å². The third-order valence-corrected chi connectivity index (χ3v) is 2.99. The van der Waals surface area contributed by atoms with Crippen LogP contribution in [0.15, 0.2) is 18.2 Å². The van der Waals surface area contributed by atoms with Gasteiger partial charge in [-0.2, -0.15) is 0 Å². The third-order valence-electron chi connectivity index (χ3n) is 2.99. The lowest BCUT2D eigenvalue weighted by Gasteiger charge is -2.17. The third kappa shape index (κ3) is 6.37. The van der Waals surface area contributed by atoms with Gasteiger partial charge in [-0.25, -0.2) is 0 Å². The van der Waals surface area contributed by atoms with Crippen LogP contribution in [0.3, 0.4) is 0 Å². The highest BCUT2D eigenvalue weighted by Crippen LogP contribution is 2.24. The van der Waals surface area contributed by atoms with Crippen LogP contribution in [0, 0.1) is 5.92 Å². The van der Waals surface area contributed by atoms with Gasteiger partial charge in [-0.1, -0.05) is 20.8 Å². The molecule has 0 aliphatic rings. The smallest absolute Gasteiger partial charge is 0.123 e. The Morgan fingerprint density at radius 3 is 2.53 bits per heavy atom. The summed E-state index contributed by atoms with van der Waals surface area (Å²) in [4.78, 5) is 0. The molecule has 0 fully saturated rings. The highest BCUT2D eigenvalue weighted by molar-refractivity contribution is 5.59. The maximum Gasteiger partial charge on any atom is 0.123 e. The number of ether oxygens (including phenoxy) is 1. The first-order valence-corrected chi connectivity index (χ1v) is 7.31. The quantitative estimate of drug-likeness (QED) is 0.688. The van der Waals surface area contributed by atoms with Crippen LogP contribution in [-0.4, -0.2) is 12.6 Å². The van der Waals surface area contributed by atoms with Gasteiger partial charge in [0.05, 0.1) is 6.61 Å². The molecule has 0 radical (unpaired) electrons. The van der Waals surface area contributed by atoms with Crippen molar-refractivity contribution in [1.82, 2.24) is 0 Å². The van der Waals surface area contributed by atoms with Crippen molar-refractivity contribution in [3.05, 3.63) is 18.2 Å². The molecule has 0 amide bonds. The first kappa shape index (κ1) is 15.7. The predicted molar refractivity (Wildman–Crippen MR) is 83.8 cm³/mol. The molecule has 0 spiro atoms. The van der Waals surface area contributed by atoms with Gasteiger partial charge in [0.15, 0.2) is 0 Å². The molecular formula is C16H28N2O. The Labute approximate surface area is 117 Å². The SMILES string of the molecule is CCCOc1cc(N)cc(NC(C)CCC(C)C)c1. The minimum Gasteiger partial charge on any atom is -0.493 e. The normalized spacial score (nSPS) is 12.5. The molecule has 108 valence electrons. The highest BCUT2D eigenvalue weighted by Gasteiger charge is 2.06. The number of benzene rings is 1. The summed E-state index contributed by atoms with van der Waals surface area (Å²) in [5, 5.41) is 3.49. The Morgan fingerprint density at radius 2 is 1.89 bits per heavy atom. The lowest BCUT2D eigenvalue weighted by molar-refractivity contribution is 0.318. The van der Waals surface area contributed by atoms with E-state index >= 15 is 0 Å². The molecule has 0 aromatic heterocycles. The minimum atomic E-state index is 0.447. The van der Waals surface area contributed by atoms with E-state index in [1.807, 2.05) is 18.2 Å². The fourth-order valence-electron chi connectivity index (χ4n) is 1.95. The molecule has 0 aliphatic carbocycles. The van der Waals surface area contributed by atoms with Crippen molar-refractivity contribution in [2.75, 3.05) is 17.7 Å². The van der Waals surface area contributed by atoms with Gasteiger partial charge in [0.25, 0.3) is 0 Å². The lowest BCUT2D eigenvalue weighted by Crippen LogP contribution is -2.16. The molecule has 1 atom stereocenters. The van der Waals surface area contributed by atoms with Crippen LogP contribution in [0.1, 0.15) is 47.0 Å². The number of anilines is 2. The Bertz CT molecular complexity index is 377. The van der Waals surface area contributed by atoms with E-state index in [0.717, 1.165) is 42.5 Å². The van der Waals surface area contributed by atoms with E-state index in [1.54, 1.807) is 0 Å². The number of hydrogen-bond donors (Lipinski definition) is 2. The summed E-state index contributed by atoms with van der Waals surface area (Å²) in [7, 11) is 0. The van der Waals surface area contributed by atoms with E-state index in [0.29, 0.717) is 6.04 Å². The summed E-state index contributed by atoms with van der Waals surface area (Å²) in [6.45, 7) is 9.54. The second kappa shape index (κ2) is 7.93. The summed E-state index contributed by atoms with van der Waals surface area (Å²) < 4.78 is 5.64. The van der Waals surface area contributed by atoms with Gasteiger partial charge in [-0.15, -0.1) is 0 Å². The van der Waals surface area contributed by atoms with Gasteiger partial charge in [0.1, 0.15) is 5.75 Å². The van der Waals surface area contributed by atoms with E-state index < -0.39 is 0 Å². The maximum absolute atomic E-state index is 5.91. The van der Waals surface area contributed by atoms with Crippen molar-refractivity contribution in [2.24, 2.45) is 5.92 Å². The van der Waals surface area contributed by atoms with Gasteiger partial charge in [0, 0.05) is 29.5 Å². The molecule has 19 heavy (non-hydrogen) atoms. The van der Waals surface area contributed by atoms with Gasteiger partial charge in [0.2, 0.25) is 0 Å². The molecule has 0 saturated carbocycles. The summed E-state index contributed by atoms with van der Waals surface area (Å²) in [5.41, 5.74) is 7.70.